The summed E-state index contributed by atoms with van der Waals surface area (Å²) >= 11 is 0. The van der Waals surface area contributed by atoms with Crippen LogP contribution in [0.1, 0.15) is 51.1 Å². The second kappa shape index (κ2) is 5.08. The number of nitrogens with one attached hydrogen (secondary N) is 1. The molecule has 2 heterocycles. The van der Waals surface area contributed by atoms with Gasteiger partial charge in [0.05, 0.1) is 12.7 Å². The van der Waals surface area contributed by atoms with Crippen LogP contribution in [0.15, 0.2) is 22.7 Å². The second-order valence-electron chi connectivity index (χ2n) is 5.10. The van der Waals surface area contributed by atoms with Crippen LogP contribution >= 0.6 is 0 Å². The van der Waals surface area contributed by atoms with E-state index in [0.29, 0.717) is 17.4 Å². The van der Waals surface area contributed by atoms with Crippen molar-refractivity contribution in [3.05, 3.63) is 41.1 Å². The van der Waals surface area contributed by atoms with Gasteiger partial charge in [-0.25, -0.2) is 4.79 Å². The smallest absolute Gasteiger partial charge is 0.371 e. The van der Waals surface area contributed by atoms with Crippen molar-refractivity contribution in [1.29, 1.82) is 0 Å². The molecule has 2 aromatic rings. The van der Waals surface area contributed by atoms with Crippen molar-refractivity contribution in [3.63, 3.8) is 0 Å². The molecule has 7 heteroatoms. The van der Waals surface area contributed by atoms with Crippen LogP contribution in [0.4, 0.5) is 0 Å². The number of aromatic nitrogens is 2. The first-order valence-electron chi connectivity index (χ1n) is 6.68. The highest BCUT2D eigenvalue weighted by molar-refractivity contribution is 5.94. The lowest BCUT2D eigenvalue weighted by molar-refractivity contribution is 0.0660. The maximum absolute atomic E-state index is 12.3. The number of carboxylic acids is 1. The van der Waals surface area contributed by atoms with Crippen molar-refractivity contribution in [2.24, 2.45) is 7.05 Å². The lowest BCUT2D eigenvalue weighted by Crippen LogP contribution is -2.26. The molecule has 1 fully saturated rings. The van der Waals surface area contributed by atoms with E-state index in [4.69, 9.17) is 9.52 Å². The van der Waals surface area contributed by atoms with Gasteiger partial charge in [0.25, 0.3) is 5.91 Å². The normalized spacial score (nSPS) is 14.1. The van der Waals surface area contributed by atoms with Crippen molar-refractivity contribution in [2.45, 2.75) is 25.3 Å². The van der Waals surface area contributed by atoms with Gasteiger partial charge in [0, 0.05) is 12.6 Å². The monoisotopic (exact) mass is 289 g/mol. The molecule has 0 saturated heterocycles. The van der Waals surface area contributed by atoms with Crippen molar-refractivity contribution in [2.75, 3.05) is 0 Å². The first-order valence-corrected chi connectivity index (χ1v) is 6.68. The molecule has 0 aliphatic heterocycles. The molecule has 3 rings (SSSR count). The van der Waals surface area contributed by atoms with Crippen LogP contribution in [0.3, 0.4) is 0 Å². The molecule has 0 aromatic carbocycles. The van der Waals surface area contributed by atoms with E-state index in [9.17, 15) is 9.59 Å². The molecule has 2 N–H and O–H groups in total. The van der Waals surface area contributed by atoms with Crippen LogP contribution in [0.2, 0.25) is 0 Å². The van der Waals surface area contributed by atoms with Crippen molar-refractivity contribution < 1.29 is 19.1 Å². The van der Waals surface area contributed by atoms with Crippen molar-refractivity contribution in [1.82, 2.24) is 15.1 Å². The Kier molecular flexibility index (Phi) is 3.25. The Morgan fingerprint density at radius 2 is 2.24 bits per heavy atom. The van der Waals surface area contributed by atoms with Crippen LogP contribution in [-0.2, 0) is 13.6 Å². The molecular formula is C14H15N3O4. The maximum Gasteiger partial charge on any atom is 0.371 e. The number of carbonyl (C=O) groups excluding carboxylic acids is 1. The molecule has 1 aliphatic rings. The third-order valence-electron chi connectivity index (χ3n) is 3.49. The van der Waals surface area contributed by atoms with E-state index in [-0.39, 0.29) is 18.2 Å². The van der Waals surface area contributed by atoms with Crippen LogP contribution < -0.4 is 5.32 Å². The fourth-order valence-corrected chi connectivity index (χ4v) is 2.26. The lowest BCUT2D eigenvalue weighted by Gasteiger charge is -2.06. The van der Waals surface area contributed by atoms with Crippen molar-refractivity contribution in [3.8, 4) is 0 Å². The number of aromatic carboxylic acids is 1. The number of amides is 1. The summed E-state index contributed by atoms with van der Waals surface area (Å²) in [5.74, 6) is -0.670. The molecule has 0 radical (unpaired) electrons. The number of nitrogens with zero attached hydrogens (tertiary/aromatic N) is 2. The molecule has 7 nitrogen and oxygen atoms in total. The minimum Gasteiger partial charge on any atom is -0.475 e. The highest BCUT2D eigenvalue weighted by atomic mass is 16.4. The predicted molar refractivity (Wildman–Crippen MR) is 72.0 cm³/mol. The zero-order valence-electron chi connectivity index (χ0n) is 11.5. The van der Waals surface area contributed by atoms with Gasteiger partial charge in [-0.15, -0.1) is 0 Å². The minimum absolute atomic E-state index is 0.140. The first kappa shape index (κ1) is 13.4. The molecule has 1 aliphatic carbocycles. The fourth-order valence-electron chi connectivity index (χ4n) is 2.26. The number of hydrogen-bond donors (Lipinski definition) is 2. The summed E-state index contributed by atoms with van der Waals surface area (Å²) in [6, 6.07) is 2.90. The maximum atomic E-state index is 12.3. The van der Waals surface area contributed by atoms with Crippen LogP contribution in [0.5, 0.6) is 0 Å². The lowest BCUT2D eigenvalue weighted by atomic mass is 10.1. The summed E-state index contributed by atoms with van der Waals surface area (Å²) in [6.45, 7) is 0.140. The van der Waals surface area contributed by atoms with Crippen molar-refractivity contribution >= 4 is 11.9 Å². The number of hydrogen-bond acceptors (Lipinski definition) is 4. The number of carbonyl (C=O) groups is 2. The largest absolute Gasteiger partial charge is 0.475 e. The standard InChI is InChI=1S/C14H15N3O4/c1-17-12(10(7-16-17)8-2-3-8)13(18)15-6-9-4-5-11(21-9)14(19)20/h4-5,7-8H,2-3,6H2,1H3,(H,15,18)(H,19,20). The van der Waals surface area contributed by atoms with Gasteiger partial charge in [0.1, 0.15) is 11.5 Å². The molecule has 0 bridgehead atoms. The van der Waals surface area contributed by atoms with E-state index >= 15 is 0 Å². The van der Waals surface area contributed by atoms with Crippen LogP contribution in [0.25, 0.3) is 0 Å². The molecule has 21 heavy (non-hydrogen) atoms. The van der Waals surface area contributed by atoms with Gasteiger partial charge >= 0.3 is 5.97 Å². The SMILES string of the molecule is Cn1ncc(C2CC2)c1C(=O)NCc1ccc(C(=O)O)o1. The molecular weight excluding hydrogens is 274 g/mol. The summed E-state index contributed by atoms with van der Waals surface area (Å²) in [5.41, 5.74) is 1.53. The Bertz CT molecular complexity index is 697. The van der Waals surface area contributed by atoms with Gasteiger partial charge in [-0.2, -0.15) is 5.10 Å². The Morgan fingerprint density at radius 3 is 2.86 bits per heavy atom. The molecule has 0 spiro atoms. The zero-order chi connectivity index (χ0) is 15.0. The zero-order valence-corrected chi connectivity index (χ0v) is 11.5. The van der Waals surface area contributed by atoms with E-state index in [1.54, 1.807) is 17.9 Å². The van der Waals surface area contributed by atoms with Gasteiger partial charge in [-0.1, -0.05) is 0 Å². The molecule has 110 valence electrons. The predicted octanol–water partition coefficient (Wildman–Crippen LogP) is 1.52. The number of aryl methyl sites for hydroxylation is 1. The Labute approximate surface area is 120 Å². The van der Waals surface area contributed by atoms with Gasteiger partial charge in [-0.05, 0) is 30.9 Å². The average molecular weight is 289 g/mol. The Morgan fingerprint density at radius 1 is 1.48 bits per heavy atom. The third-order valence-corrected chi connectivity index (χ3v) is 3.49. The fraction of sp³-hybridized carbons (Fsp3) is 0.357. The van der Waals surface area contributed by atoms with Gasteiger partial charge in [0.2, 0.25) is 5.76 Å². The number of carboxylic acid groups (broad SMARTS) is 1. The Balaban J connectivity index is 1.69. The number of rotatable bonds is 5. The van der Waals surface area contributed by atoms with E-state index in [2.05, 4.69) is 10.4 Å². The van der Waals surface area contributed by atoms with Gasteiger partial charge in [-0.3, -0.25) is 9.48 Å². The third kappa shape index (κ3) is 2.67. The van der Waals surface area contributed by atoms with E-state index in [1.165, 1.54) is 12.1 Å². The second-order valence-corrected chi connectivity index (χ2v) is 5.10. The van der Waals surface area contributed by atoms with Crippen LogP contribution in [-0.4, -0.2) is 26.8 Å². The van der Waals surface area contributed by atoms with E-state index < -0.39 is 5.97 Å². The summed E-state index contributed by atoms with van der Waals surface area (Å²) in [6.07, 6.45) is 3.92. The Hall–Kier alpha value is -2.57. The highest BCUT2D eigenvalue weighted by Crippen LogP contribution is 2.41. The molecule has 2 aromatic heterocycles. The van der Waals surface area contributed by atoms with Crippen LogP contribution in [0, 0.1) is 0 Å². The molecule has 1 saturated carbocycles. The number of furan rings is 1. The quantitative estimate of drug-likeness (QED) is 0.869. The molecule has 0 unspecified atom stereocenters. The first-order chi connectivity index (χ1) is 10.1. The summed E-state index contributed by atoms with van der Waals surface area (Å²) in [5, 5.41) is 15.6. The molecule has 1 amide bonds. The summed E-state index contributed by atoms with van der Waals surface area (Å²) < 4.78 is 6.66. The van der Waals surface area contributed by atoms with Gasteiger partial charge in [0.15, 0.2) is 0 Å². The van der Waals surface area contributed by atoms with E-state index in [1.807, 2.05) is 0 Å². The molecule has 0 atom stereocenters. The highest BCUT2D eigenvalue weighted by Gasteiger charge is 2.30. The average Bonchev–Trinajstić information content (AvgIpc) is 3.04. The minimum atomic E-state index is -1.13. The summed E-state index contributed by atoms with van der Waals surface area (Å²) in [4.78, 5) is 23.0. The van der Waals surface area contributed by atoms with E-state index in [0.717, 1.165) is 18.4 Å². The van der Waals surface area contributed by atoms with Gasteiger partial charge < -0.3 is 14.8 Å². The summed E-state index contributed by atoms with van der Waals surface area (Å²) in [7, 11) is 1.73. The topological polar surface area (TPSA) is 97.4 Å².